The van der Waals surface area contributed by atoms with Crippen molar-refractivity contribution in [1.82, 2.24) is 9.88 Å². The highest BCUT2D eigenvalue weighted by Gasteiger charge is 2.34. The summed E-state index contributed by atoms with van der Waals surface area (Å²) in [6.07, 6.45) is 3.03. The second-order valence-electron chi connectivity index (χ2n) is 5.09. The molecule has 0 radical (unpaired) electrons. The van der Waals surface area contributed by atoms with E-state index in [0.717, 1.165) is 30.9 Å². The lowest BCUT2D eigenvalue weighted by atomic mass is 10.3. The highest BCUT2D eigenvalue weighted by Crippen LogP contribution is 2.33. The Morgan fingerprint density at radius 3 is 2.75 bits per heavy atom. The first-order valence-corrected chi connectivity index (χ1v) is 7.79. The quantitative estimate of drug-likeness (QED) is 0.789. The van der Waals surface area contributed by atoms with Crippen LogP contribution in [0.25, 0.3) is 0 Å². The number of hydrogen-bond donors (Lipinski definition) is 2. The van der Waals surface area contributed by atoms with Crippen LogP contribution in [0.5, 0.6) is 0 Å². The van der Waals surface area contributed by atoms with E-state index in [1.165, 1.54) is 11.3 Å². The Morgan fingerprint density at radius 2 is 2.20 bits per heavy atom. The van der Waals surface area contributed by atoms with E-state index in [0.29, 0.717) is 17.2 Å². The van der Waals surface area contributed by atoms with Gasteiger partial charge < -0.3 is 20.6 Å². The van der Waals surface area contributed by atoms with Gasteiger partial charge in [-0.25, -0.2) is 4.98 Å². The first kappa shape index (κ1) is 15.1. The van der Waals surface area contributed by atoms with Crippen LogP contribution in [0.2, 0.25) is 0 Å². The minimum atomic E-state index is -0.104. The fraction of sp³-hybridized carbons (Fsp3) is 0.692. The van der Waals surface area contributed by atoms with E-state index in [2.05, 4.69) is 11.9 Å². The molecule has 0 aromatic carbocycles. The molecule has 0 spiro atoms. The van der Waals surface area contributed by atoms with Crippen LogP contribution in [0.4, 0.5) is 10.9 Å². The summed E-state index contributed by atoms with van der Waals surface area (Å²) in [5, 5.41) is 9.87. The maximum atomic E-state index is 12.5. The zero-order valence-corrected chi connectivity index (χ0v) is 12.8. The van der Waals surface area contributed by atoms with Crippen molar-refractivity contribution >= 4 is 28.2 Å². The Labute approximate surface area is 123 Å². The lowest BCUT2D eigenvalue weighted by molar-refractivity contribution is 0.0713. The van der Waals surface area contributed by atoms with Gasteiger partial charge in [-0.3, -0.25) is 4.79 Å². The number of thiazole rings is 1. The van der Waals surface area contributed by atoms with Gasteiger partial charge in [0.1, 0.15) is 10.7 Å². The van der Waals surface area contributed by atoms with E-state index in [9.17, 15) is 4.79 Å². The molecule has 0 aliphatic heterocycles. The molecule has 1 aromatic rings. The van der Waals surface area contributed by atoms with Crippen LogP contribution in [0.3, 0.4) is 0 Å². The number of anilines is 2. The minimum absolute atomic E-state index is 0.0243. The molecule has 20 heavy (non-hydrogen) atoms. The summed E-state index contributed by atoms with van der Waals surface area (Å²) < 4.78 is 0. The lowest BCUT2D eigenvalue weighted by Crippen LogP contribution is -2.35. The van der Waals surface area contributed by atoms with Gasteiger partial charge in [-0.1, -0.05) is 18.3 Å². The van der Waals surface area contributed by atoms with E-state index in [1.807, 2.05) is 11.9 Å². The fourth-order valence-corrected chi connectivity index (χ4v) is 3.07. The molecule has 1 saturated carbocycles. The molecular formula is C13H22N4O2S. The SMILES string of the molecule is CCCN(C)c1nc(N)c(C(=O)N(CCO)C2CC2)s1. The molecule has 1 heterocycles. The van der Waals surface area contributed by atoms with Crippen LogP contribution in [0.1, 0.15) is 35.9 Å². The lowest BCUT2D eigenvalue weighted by Gasteiger charge is -2.20. The number of nitrogen functional groups attached to an aromatic ring is 1. The van der Waals surface area contributed by atoms with E-state index in [-0.39, 0.29) is 18.6 Å². The smallest absolute Gasteiger partial charge is 0.268 e. The molecule has 3 N–H and O–H groups in total. The third kappa shape index (κ3) is 3.21. The number of carbonyl (C=O) groups is 1. The number of carbonyl (C=O) groups excluding carboxylic acids is 1. The zero-order valence-electron chi connectivity index (χ0n) is 12.0. The van der Waals surface area contributed by atoms with Gasteiger partial charge in [-0.15, -0.1) is 0 Å². The molecule has 0 atom stereocenters. The average Bonchev–Trinajstić information content (AvgIpc) is 3.18. The van der Waals surface area contributed by atoms with Crippen molar-refractivity contribution in [3.8, 4) is 0 Å². The highest BCUT2D eigenvalue weighted by atomic mass is 32.1. The molecule has 1 aromatic heterocycles. The summed E-state index contributed by atoms with van der Waals surface area (Å²) in [6.45, 7) is 3.31. The minimum Gasteiger partial charge on any atom is -0.395 e. The Kier molecular flexibility index (Phi) is 4.82. The van der Waals surface area contributed by atoms with Crippen LogP contribution in [-0.4, -0.2) is 53.7 Å². The zero-order chi connectivity index (χ0) is 14.7. The first-order chi connectivity index (χ1) is 9.58. The van der Waals surface area contributed by atoms with E-state index < -0.39 is 0 Å². The van der Waals surface area contributed by atoms with Crippen molar-refractivity contribution in [3.05, 3.63) is 4.88 Å². The van der Waals surface area contributed by atoms with Gasteiger partial charge in [0.05, 0.1) is 6.61 Å². The van der Waals surface area contributed by atoms with Crippen LogP contribution in [0, 0.1) is 0 Å². The van der Waals surface area contributed by atoms with Crippen molar-refractivity contribution in [3.63, 3.8) is 0 Å². The molecule has 0 saturated heterocycles. The maximum Gasteiger partial charge on any atom is 0.268 e. The van der Waals surface area contributed by atoms with Crippen LogP contribution in [0.15, 0.2) is 0 Å². The molecular weight excluding hydrogens is 276 g/mol. The molecule has 7 heteroatoms. The van der Waals surface area contributed by atoms with Crippen LogP contribution in [-0.2, 0) is 0 Å². The van der Waals surface area contributed by atoms with Gasteiger partial charge in [0.2, 0.25) is 0 Å². The van der Waals surface area contributed by atoms with Crippen molar-refractivity contribution in [2.24, 2.45) is 0 Å². The molecule has 1 amide bonds. The Balaban J connectivity index is 2.16. The summed E-state index contributed by atoms with van der Waals surface area (Å²) in [5.74, 6) is 0.189. The van der Waals surface area contributed by atoms with Crippen molar-refractivity contribution in [2.75, 3.05) is 37.4 Å². The average molecular weight is 298 g/mol. The Hall–Kier alpha value is -1.34. The molecule has 6 nitrogen and oxygen atoms in total. The number of aliphatic hydroxyl groups excluding tert-OH is 1. The summed E-state index contributed by atoms with van der Waals surface area (Å²) in [7, 11) is 1.95. The number of hydrogen-bond acceptors (Lipinski definition) is 6. The predicted molar refractivity (Wildman–Crippen MR) is 81.2 cm³/mol. The molecule has 0 unspecified atom stereocenters. The molecule has 112 valence electrons. The van der Waals surface area contributed by atoms with Crippen LogP contribution < -0.4 is 10.6 Å². The third-order valence-electron chi connectivity index (χ3n) is 3.31. The van der Waals surface area contributed by atoms with Crippen molar-refractivity contribution in [2.45, 2.75) is 32.2 Å². The number of aliphatic hydroxyl groups is 1. The van der Waals surface area contributed by atoms with Gasteiger partial charge in [0.25, 0.3) is 5.91 Å². The normalized spacial score (nSPS) is 14.3. The molecule has 1 aliphatic carbocycles. The molecule has 2 rings (SSSR count). The van der Waals surface area contributed by atoms with Crippen molar-refractivity contribution in [1.29, 1.82) is 0 Å². The number of rotatable bonds is 7. The first-order valence-electron chi connectivity index (χ1n) is 6.97. The summed E-state index contributed by atoms with van der Waals surface area (Å²) in [4.78, 5) is 21.0. The van der Waals surface area contributed by atoms with Gasteiger partial charge in [0.15, 0.2) is 5.13 Å². The summed E-state index contributed by atoms with van der Waals surface area (Å²) in [5.41, 5.74) is 5.89. The van der Waals surface area contributed by atoms with Crippen molar-refractivity contribution < 1.29 is 9.90 Å². The summed E-state index contributed by atoms with van der Waals surface area (Å²) >= 11 is 1.33. The number of nitrogens with two attached hydrogens (primary N) is 1. The number of amides is 1. The van der Waals surface area contributed by atoms with Gasteiger partial charge in [-0.2, -0.15) is 0 Å². The highest BCUT2D eigenvalue weighted by molar-refractivity contribution is 7.18. The third-order valence-corrected chi connectivity index (χ3v) is 4.48. The molecule has 1 fully saturated rings. The van der Waals surface area contributed by atoms with Gasteiger partial charge >= 0.3 is 0 Å². The fourth-order valence-electron chi connectivity index (χ4n) is 2.14. The van der Waals surface area contributed by atoms with E-state index in [1.54, 1.807) is 4.90 Å². The molecule has 1 aliphatic rings. The predicted octanol–water partition coefficient (Wildman–Crippen LogP) is 1.17. The Morgan fingerprint density at radius 1 is 1.50 bits per heavy atom. The number of aromatic nitrogens is 1. The topological polar surface area (TPSA) is 82.7 Å². The van der Waals surface area contributed by atoms with E-state index >= 15 is 0 Å². The monoisotopic (exact) mass is 298 g/mol. The standard InChI is InChI=1S/C13H22N4O2S/c1-3-6-16(2)13-15-11(14)10(20-13)12(19)17(7-8-18)9-4-5-9/h9,18H,3-8,14H2,1-2H3. The van der Waals surface area contributed by atoms with Gasteiger partial charge in [0, 0.05) is 26.2 Å². The Bertz CT molecular complexity index is 473. The maximum absolute atomic E-state index is 12.5. The molecule has 0 bridgehead atoms. The second-order valence-corrected chi connectivity index (χ2v) is 6.06. The van der Waals surface area contributed by atoms with Gasteiger partial charge in [-0.05, 0) is 19.3 Å². The largest absolute Gasteiger partial charge is 0.395 e. The summed E-state index contributed by atoms with van der Waals surface area (Å²) in [6, 6.07) is 0.257. The van der Waals surface area contributed by atoms with Crippen LogP contribution >= 0.6 is 11.3 Å². The second kappa shape index (κ2) is 6.41. The number of nitrogens with zero attached hydrogens (tertiary/aromatic N) is 3. The van der Waals surface area contributed by atoms with E-state index in [4.69, 9.17) is 10.8 Å².